The van der Waals surface area contributed by atoms with Gasteiger partial charge < -0.3 is 4.74 Å². The Hall–Kier alpha value is -3.27. The summed E-state index contributed by atoms with van der Waals surface area (Å²) < 4.78 is 18.8. The van der Waals surface area contributed by atoms with Crippen LogP contribution in [0.15, 0.2) is 36.4 Å². The highest BCUT2D eigenvalue weighted by atomic mass is 19.1. The van der Waals surface area contributed by atoms with Gasteiger partial charge in [-0.25, -0.2) is 0 Å². The summed E-state index contributed by atoms with van der Waals surface area (Å²) in [6, 6.07) is 9.04. The average molecular weight is 286 g/mol. The average Bonchev–Trinajstić information content (AvgIpc) is 2.47. The third-order valence-corrected chi connectivity index (χ3v) is 2.60. The zero-order valence-corrected chi connectivity index (χ0v) is 10.4. The van der Waals surface area contributed by atoms with E-state index >= 15 is 0 Å². The number of halogens is 1. The predicted octanol–water partition coefficient (Wildman–Crippen LogP) is 3.21. The number of hydrogen-bond acceptors (Lipinski definition) is 5. The van der Waals surface area contributed by atoms with Crippen LogP contribution < -0.4 is 4.74 Å². The van der Waals surface area contributed by atoms with Crippen LogP contribution in [0.5, 0.6) is 11.5 Å². The molecule has 0 atom stereocenters. The topological polar surface area (TPSA) is 93.2 Å². The first kappa shape index (κ1) is 14.1. The summed E-state index contributed by atoms with van der Waals surface area (Å²) in [4.78, 5) is 20.3. The SMILES string of the molecule is N#Cc1cc(C=O)ccc1Oc1ccc([N+](=O)[O-])c(F)c1. The Bertz CT molecular complexity index is 768. The molecule has 6 nitrogen and oxygen atoms in total. The van der Waals surface area contributed by atoms with Crippen molar-refractivity contribution in [3.63, 3.8) is 0 Å². The maximum absolute atomic E-state index is 13.5. The Morgan fingerprint density at radius 2 is 2.05 bits per heavy atom. The van der Waals surface area contributed by atoms with Gasteiger partial charge in [0, 0.05) is 17.7 Å². The highest BCUT2D eigenvalue weighted by Gasteiger charge is 2.15. The van der Waals surface area contributed by atoms with Crippen LogP contribution in [0.4, 0.5) is 10.1 Å². The monoisotopic (exact) mass is 286 g/mol. The van der Waals surface area contributed by atoms with Gasteiger partial charge in [0.25, 0.3) is 0 Å². The first-order valence-corrected chi connectivity index (χ1v) is 5.66. The molecule has 0 heterocycles. The van der Waals surface area contributed by atoms with Crippen LogP contribution in [0.2, 0.25) is 0 Å². The fourth-order valence-corrected chi connectivity index (χ4v) is 1.62. The van der Waals surface area contributed by atoms with E-state index in [1.165, 1.54) is 24.3 Å². The number of ether oxygens (including phenoxy) is 1. The largest absolute Gasteiger partial charge is 0.456 e. The molecule has 2 rings (SSSR count). The second-order valence-electron chi connectivity index (χ2n) is 3.96. The number of nitrogens with zero attached hydrogens (tertiary/aromatic N) is 2. The Kier molecular flexibility index (Phi) is 3.90. The Morgan fingerprint density at radius 1 is 1.29 bits per heavy atom. The van der Waals surface area contributed by atoms with Crippen molar-refractivity contribution in [3.8, 4) is 17.6 Å². The number of carbonyl (C=O) groups is 1. The molecule has 7 heteroatoms. The van der Waals surface area contributed by atoms with E-state index in [1.54, 1.807) is 0 Å². The standard InChI is InChI=1S/C14H7FN2O4/c15-12-6-11(2-3-13(12)17(19)20)21-14-4-1-9(8-18)5-10(14)7-16/h1-6,8H. The highest BCUT2D eigenvalue weighted by Crippen LogP contribution is 2.28. The van der Waals surface area contributed by atoms with E-state index in [0.29, 0.717) is 11.8 Å². The van der Waals surface area contributed by atoms with Gasteiger partial charge in [0.1, 0.15) is 23.9 Å². The zero-order chi connectivity index (χ0) is 15.4. The molecular formula is C14H7FN2O4. The minimum atomic E-state index is -1.04. The van der Waals surface area contributed by atoms with Crippen LogP contribution in [-0.4, -0.2) is 11.2 Å². The lowest BCUT2D eigenvalue weighted by molar-refractivity contribution is -0.387. The molecule has 0 aliphatic carbocycles. The maximum atomic E-state index is 13.5. The van der Waals surface area contributed by atoms with Gasteiger partial charge in [-0.1, -0.05) is 0 Å². The van der Waals surface area contributed by atoms with E-state index in [-0.39, 0.29) is 17.1 Å². The van der Waals surface area contributed by atoms with Gasteiger partial charge in [0.15, 0.2) is 0 Å². The van der Waals surface area contributed by atoms with Gasteiger partial charge in [0.2, 0.25) is 5.82 Å². The molecule has 0 aliphatic heterocycles. The molecule has 0 N–H and O–H groups in total. The van der Waals surface area contributed by atoms with Crippen molar-refractivity contribution < 1.29 is 18.8 Å². The van der Waals surface area contributed by atoms with Crippen LogP contribution in [0.25, 0.3) is 0 Å². The molecular weight excluding hydrogens is 279 g/mol. The Labute approximate surface area is 118 Å². The summed E-state index contributed by atoms with van der Waals surface area (Å²) in [6.45, 7) is 0. The van der Waals surface area contributed by atoms with Gasteiger partial charge in [-0.3, -0.25) is 14.9 Å². The number of nitro groups is 1. The van der Waals surface area contributed by atoms with Crippen LogP contribution in [-0.2, 0) is 0 Å². The van der Waals surface area contributed by atoms with Crippen molar-refractivity contribution in [1.29, 1.82) is 5.26 Å². The molecule has 0 fully saturated rings. The molecule has 2 aromatic rings. The lowest BCUT2D eigenvalue weighted by atomic mass is 10.1. The first-order chi connectivity index (χ1) is 10.0. The summed E-state index contributed by atoms with van der Waals surface area (Å²) in [5.41, 5.74) is -0.272. The molecule has 0 aliphatic rings. The number of carbonyl (C=O) groups excluding carboxylic acids is 1. The van der Waals surface area contributed by atoms with Crippen LogP contribution >= 0.6 is 0 Å². The number of nitriles is 1. The van der Waals surface area contributed by atoms with Gasteiger partial charge in [-0.15, -0.1) is 0 Å². The molecule has 21 heavy (non-hydrogen) atoms. The molecule has 0 saturated heterocycles. The molecule has 0 radical (unpaired) electrons. The smallest absolute Gasteiger partial charge is 0.305 e. The molecule has 0 unspecified atom stereocenters. The summed E-state index contributed by atoms with van der Waals surface area (Å²) in [5, 5.41) is 19.5. The third kappa shape index (κ3) is 3.01. The molecule has 0 saturated carbocycles. The Morgan fingerprint density at radius 3 is 2.62 bits per heavy atom. The minimum absolute atomic E-state index is 0.00783. The number of benzene rings is 2. The zero-order valence-electron chi connectivity index (χ0n) is 10.4. The number of rotatable bonds is 4. The number of nitro benzene ring substituents is 1. The molecule has 104 valence electrons. The van der Waals surface area contributed by atoms with Gasteiger partial charge in [0.05, 0.1) is 10.5 Å². The van der Waals surface area contributed by atoms with Crippen molar-refractivity contribution >= 4 is 12.0 Å². The van der Waals surface area contributed by atoms with Gasteiger partial charge >= 0.3 is 5.69 Å². The van der Waals surface area contributed by atoms with E-state index in [0.717, 1.165) is 12.1 Å². The van der Waals surface area contributed by atoms with E-state index in [2.05, 4.69) is 0 Å². The summed E-state index contributed by atoms with van der Waals surface area (Å²) in [6.07, 6.45) is 0.580. The molecule has 0 amide bonds. The summed E-state index contributed by atoms with van der Waals surface area (Å²) in [7, 11) is 0. The molecule has 0 bridgehead atoms. The minimum Gasteiger partial charge on any atom is -0.456 e. The molecule has 0 spiro atoms. The van der Waals surface area contributed by atoms with Crippen molar-refractivity contribution in [2.75, 3.05) is 0 Å². The van der Waals surface area contributed by atoms with Crippen molar-refractivity contribution in [2.45, 2.75) is 0 Å². The number of hydrogen-bond donors (Lipinski definition) is 0. The van der Waals surface area contributed by atoms with E-state index in [9.17, 15) is 19.3 Å². The summed E-state index contributed by atoms with van der Waals surface area (Å²) >= 11 is 0. The van der Waals surface area contributed by atoms with Crippen molar-refractivity contribution in [2.24, 2.45) is 0 Å². The third-order valence-electron chi connectivity index (χ3n) is 2.60. The van der Waals surface area contributed by atoms with Crippen LogP contribution in [0, 0.1) is 27.3 Å². The lowest BCUT2D eigenvalue weighted by Crippen LogP contribution is -1.94. The molecule has 2 aromatic carbocycles. The van der Waals surface area contributed by atoms with Crippen molar-refractivity contribution in [3.05, 3.63) is 63.5 Å². The molecule has 0 aromatic heterocycles. The second-order valence-corrected chi connectivity index (χ2v) is 3.96. The quantitative estimate of drug-likeness (QED) is 0.488. The van der Waals surface area contributed by atoms with Crippen LogP contribution in [0.3, 0.4) is 0 Å². The fourth-order valence-electron chi connectivity index (χ4n) is 1.62. The van der Waals surface area contributed by atoms with Crippen LogP contribution in [0.1, 0.15) is 15.9 Å². The maximum Gasteiger partial charge on any atom is 0.305 e. The lowest BCUT2D eigenvalue weighted by Gasteiger charge is -2.07. The normalized spacial score (nSPS) is 9.71. The van der Waals surface area contributed by atoms with Gasteiger partial charge in [-0.05, 0) is 24.3 Å². The van der Waals surface area contributed by atoms with Crippen molar-refractivity contribution in [1.82, 2.24) is 0 Å². The summed E-state index contributed by atoms with van der Waals surface area (Å²) in [5.74, 6) is -0.912. The highest BCUT2D eigenvalue weighted by molar-refractivity contribution is 5.76. The van der Waals surface area contributed by atoms with E-state index < -0.39 is 16.4 Å². The first-order valence-electron chi connectivity index (χ1n) is 5.66. The Balaban J connectivity index is 2.35. The number of aldehydes is 1. The van der Waals surface area contributed by atoms with E-state index in [4.69, 9.17) is 10.00 Å². The second kappa shape index (κ2) is 5.79. The fraction of sp³-hybridized carbons (Fsp3) is 0. The predicted molar refractivity (Wildman–Crippen MR) is 69.7 cm³/mol. The van der Waals surface area contributed by atoms with Gasteiger partial charge in [-0.2, -0.15) is 9.65 Å². The van der Waals surface area contributed by atoms with E-state index in [1.807, 2.05) is 6.07 Å².